The molecule has 6 heteroatoms. The normalized spacial score (nSPS) is 14.4. The van der Waals surface area contributed by atoms with Crippen LogP contribution in [-0.2, 0) is 4.79 Å². The van der Waals surface area contributed by atoms with Gasteiger partial charge in [0.15, 0.2) is 0 Å². The fraction of sp³-hybridized carbons (Fsp3) is 0.417. The van der Waals surface area contributed by atoms with Crippen molar-refractivity contribution >= 4 is 23.2 Å². The van der Waals surface area contributed by atoms with Crippen molar-refractivity contribution in [3.8, 4) is 5.75 Å². The molecule has 0 saturated carbocycles. The Bertz CT molecular complexity index is 879. The topological polar surface area (TPSA) is 61.9 Å². The second-order valence-electron chi connectivity index (χ2n) is 8.84. The van der Waals surface area contributed by atoms with E-state index in [4.69, 9.17) is 4.74 Å². The Kier molecular flexibility index (Phi) is 6.65. The summed E-state index contributed by atoms with van der Waals surface area (Å²) in [5.41, 5.74) is 2.40. The number of rotatable bonds is 5. The first kappa shape index (κ1) is 21.7. The number of hydrogen-bond donors (Lipinski definition) is 1. The lowest BCUT2D eigenvalue weighted by Crippen LogP contribution is -2.49. The van der Waals surface area contributed by atoms with Gasteiger partial charge in [-0.15, -0.1) is 0 Å². The van der Waals surface area contributed by atoms with Gasteiger partial charge < -0.3 is 19.9 Å². The first-order valence-electron chi connectivity index (χ1n) is 10.3. The molecule has 2 aromatic rings. The lowest BCUT2D eigenvalue weighted by Gasteiger charge is -2.37. The Morgan fingerprint density at radius 1 is 1.00 bits per heavy atom. The molecular formula is C24H31N3O3. The molecule has 0 radical (unpaired) electrons. The standard InChI is InChI=1S/C24H31N3O3/c1-24(2,3)17-22(28)27-14-12-26(13-15-27)20-10-8-19(9-11-20)25-23(29)18-6-5-7-21(16-18)30-4/h5-11,16H,12-15,17H2,1-4H3,(H,25,29). The summed E-state index contributed by atoms with van der Waals surface area (Å²) in [7, 11) is 1.58. The van der Waals surface area contributed by atoms with Gasteiger partial charge in [0, 0.05) is 49.5 Å². The third kappa shape index (κ3) is 5.75. The molecule has 1 fully saturated rings. The van der Waals surface area contributed by atoms with Gasteiger partial charge >= 0.3 is 0 Å². The molecule has 0 aromatic heterocycles. The average Bonchev–Trinajstić information content (AvgIpc) is 2.73. The Labute approximate surface area is 178 Å². The predicted molar refractivity (Wildman–Crippen MR) is 120 cm³/mol. The number of nitrogens with zero attached hydrogens (tertiary/aromatic N) is 2. The van der Waals surface area contributed by atoms with E-state index >= 15 is 0 Å². The summed E-state index contributed by atoms with van der Waals surface area (Å²) in [6.45, 7) is 9.38. The molecule has 0 bridgehead atoms. The van der Waals surface area contributed by atoms with Gasteiger partial charge in [-0.3, -0.25) is 9.59 Å². The number of piperazine rings is 1. The highest BCUT2D eigenvalue weighted by molar-refractivity contribution is 6.04. The van der Waals surface area contributed by atoms with E-state index in [1.807, 2.05) is 35.2 Å². The van der Waals surface area contributed by atoms with Crippen molar-refractivity contribution in [3.05, 3.63) is 54.1 Å². The number of amides is 2. The summed E-state index contributed by atoms with van der Waals surface area (Å²) in [5.74, 6) is 0.712. The number of ether oxygens (including phenoxy) is 1. The van der Waals surface area contributed by atoms with E-state index in [2.05, 4.69) is 31.0 Å². The van der Waals surface area contributed by atoms with Crippen molar-refractivity contribution in [1.29, 1.82) is 0 Å². The molecule has 3 rings (SSSR count). The van der Waals surface area contributed by atoms with Gasteiger partial charge in [0.05, 0.1) is 7.11 Å². The predicted octanol–water partition coefficient (Wildman–Crippen LogP) is 4.03. The molecule has 0 spiro atoms. The first-order chi connectivity index (χ1) is 14.2. The van der Waals surface area contributed by atoms with Crippen LogP contribution in [0.1, 0.15) is 37.6 Å². The Morgan fingerprint density at radius 3 is 2.27 bits per heavy atom. The largest absolute Gasteiger partial charge is 0.497 e. The molecule has 1 aliphatic heterocycles. The Hall–Kier alpha value is -3.02. The third-order valence-electron chi connectivity index (χ3n) is 5.14. The minimum atomic E-state index is -0.173. The molecule has 2 amide bonds. The monoisotopic (exact) mass is 409 g/mol. The highest BCUT2D eigenvalue weighted by Gasteiger charge is 2.25. The van der Waals surface area contributed by atoms with Crippen molar-refractivity contribution in [3.63, 3.8) is 0 Å². The Morgan fingerprint density at radius 2 is 1.67 bits per heavy atom. The molecule has 0 aliphatic carbocycles. The minimum Gasteiger partial charge on any atom is -0.497 e. The van der Waals surface area contributed by atoms with E-state index in [0.717, 1.165) is 37.6 Å². The zero-order chi connectivity index (χ0) is 21.7. The summed E-state index contributed by atoms with van der Waals surface area (Å²) in [6, 6.07) is 14.9. The van der Waals surface area contributed by atoms with Crippen molar-refractivity contribution in [2.75, 3.05) is 43.5 Å². The van der Waals surface area contributed by atoms with Gasteiger partial charge in [0.2, 0.25) is 5.91 Å². The van der Waals surface area contributed by atoms with Crippen LogP contribution in [0.25, 0.3) is 0 Å². The third-order valence-corrected chi connectivity index (χ3v) is 5.14. The van der Waals surface area contributed by atoms with E-state index in [9.17, 15) is 9.59 Å². The van der Waals surface area contributed by atoms with Crippen molar-refractivity contribution < 1.29 is 14.3 Å². The van der Waals surface area contributed by atoms with Gasteiger partial charge in [-0.05, 0) is 47.9 Å². The van der Waals surface area contributed by atoms with E-state index < -0.39 is 0 Å². The Balaban J connectivity index is 1.55. The van der Waals surface area contributed by atoms with Crippen LogP contribution in [0.15, 0.2) is 48.5 Å². The average molecular weight is 410 g/mol. The molecule has 6 nitrogen and oxygen atoms in total. The number of methoxy groups -OCH3 is 1. The van der Waals surface area contributed by atoms with E-state index in [-0.39, 0.29) is 17.2 Å². The van der Waals surface area contributed by atoms with Crippen LogP contribution in [0.5, 0.6) is 5.75 Å². The molecule has 1 N–H and O–H groups in total. The van der Waals surface area contributed by atoms with Crippen molar-refractivity contribution in [2.24, 2.45) is 5.41 Å². The minimum absolute atomic E-state index is 0.0133. The van der Waals surface area contributed by atoms with E-state index in [0.29, 0.717) is 17.7 Å². The molecule has 1 heterocycles. The molecule has 1 aliphatic rings. The van der Waals surface area contributed by atoms with Gasteiger partial charge in [-0.2, -0.15) is 0 Å². The zero-order valence-corrected chi connectivity index (χ0v) is 18.3. The molecule has 2 aromatic carbocycles. The highest BCUT2D eigenvalue weighted by atomic mass is 16.5. The molecular weight excluding hydrogens is 378 g/mol. The van der Waals surface area contributed by atoms with E-state index in [1.54, 1.807) is 25.3 Å². The number of anilines is 2. The maximum absolute atomic E-state index is 12.5. The SMILES string of the molecule is COc1cccc(C(=O)Nc2ccc(N3CCN(C(=O)CC(C)(C)C)CC3)cc2)c1. The highest BCUT2D eigenvalue weighted by Crippen LogP contribution is 2.23. The maximum atomic E-state index is 12.5. The summed E-state index contributed by atoms with van der Waals surface area (Å²) >= 11 is 0. The second-order valence-corrected chi connectivity index (χ2v) is 8.84. The molecule has 0 atom stereocenters. The number of carbonyl (C=O) groups excluding carboxylic acids is 2. The quantitative estimate of drug-likeness (QED) is 0.810. The number of benzene rings is 2. The summed E-state index contributed by atoms with van der Waals surface area (Å²) in [6.07, 6.45) is 0.578. The molecule has 1 saturated heterocycles. The lowest BCUT2D eigenvalue weighted by atomic mass is 9.91. The van der Waals surface area contributed by atoms with Gasteiger partial charge in [0.25, 0.3) is 5.91 Å². The van der Waals surface area contributed by atoms with Crippen LogP contribution >= 0.6 is 0 Å². The van der Waals surface area contributed by atoms with Crippen LogP contribution in [-0.4, -0.2) is 50.0 Å². The van der Waals surface area contributed by atoms with Gasteiger partial charge in [-0.1, -0.05) is 26.8 Å². The first-order valence-corrected chi connectivity index (χ1v) is 10.3. The fourth-order valence-electron chi connectivity index (χ4n) is 3.50. The fourth-order valence-corrected chi connectivity index (χ4v) is 3.50. The zero-order valence-electron chi connectivity index (χ0n) is 18.3. The number of carbonyl (C=O) groups is 2. The van der Waals surface area contributed by atoms with Crippen LogP contribution in [0.2, 0.25) is 0 Å². The summed E-state index contributed by atoms with van der Waals surface area (Å²) in [4.78, 5) is 29.1. The van der Waals surface area contributed by atoms with Crippen LogP contribution in [0.3, 0.4) is 0 Å². The van der Waals surface area contributed by atoms with Crippen LogP contribution in [0, 0.1) is 5.41 Å². The summed E-state index contributed by atoms with van der Waals surface area (Å²) in [5, 5.41) is 2.92. The van der Waals surface area contributed by atoms with E-state index in [1.165, 1.54) is 0 Å². The second kappa shape index (κ2) is 9.20. The smallest absolute Gasteiger partial charge is 0.255 e. The number of hydrogen-bond acceptors (Lipinski definition) is 4. The van der Waals surface area contributed by atoms with Gasteiger partial charge in [0.1, 0.15) is 5.75 Å². The lowest BCUT2D eigenvalue weighted by molar-refractivity contribution is -0.133. The maximum Gasteiger partial charge on any atom is 0.255 e. The van der Waals surface area contributed by atoms with Crippen molar-refractivity contribution in [1.82, 2.24) is 4.90 Å². The van der Waals surface area contributed by atoms with Gasteiger partial charge in [-0.25, -0.2) is 0 Å². The molecule has 0 unspecified atom stereocenters. The van der Waals surface area contributed by atoms with Crippen LogP contribution in [0.4, 0.5) is 11.4 Å². The molecule has 160 valence electrons. The molecule has 30 heavy (non-hydrogen) atoms. The van der Waals surface area contributed by atoms with Crippen molar-refractivity contribution in [2.45, 2.75) is 27.2 Å². The number of nitrogens with one attached hydrogen (secondary N) is 1. The van der Waals surface area contributed by atoms with Crippen LogP contribution < -0.4 is 15.0 Å². The summed E-state index contributed by atoms with van der Waals surface area (Å²) < 4.78 is 5.17.